The average molecular weight is 305 g/mol. The molecule has 1 aliphatic rings. The number of aliphatic hydroxyl groups is 1. The molecule has 1 aromatic carbocycles. The molecule has 0 radical (unpaired) electrons. The maximum atomic E-state index is 13.2. The summed E-state index contributed by atoms with van der Waals surface area (Å²) in [5, 5.41) is 9.02. The van der Waals surface area contributed by atoms with Crippen LogP contribution in [0.3, 0.4) is 0 Å². The Hall–Kier alpha value is -1.63. The van der Waals surface area contributed by atoms with Gasteiger partial charge in [0, 0.05) is 25.3 Å². The Bertz CT molecular complexity index is 522. The zero-order valence-corrected chi connectivity index (χ0v) is 11.2. The molecule has 1 fully saturated rings. The highest BCUT2D eigenvalue weighted by Crippen LogP contribution is 2.32. The molecule has 0 spiro atoms. The van der Waals surface area contributed by atoms with Crippen molar-refractivity contribution < 1.29 is 27.5 Å². The number of hydrogen-bond acceptors (Lipinski definition) is 2. The lowest BCUT2D eigenvalue weighted by Gasteiger charge is -2.31. The zero-order chi connectivity index (χ0) is 15.6. The van der Waals surface area contributed by atoms with Crippen LogP contribution < -0.4 is 0 Å². The first-order valence-corrected chi connectivity index (χ1v) is 6.60. The van der Waals surface area contributed by atoms with Gasteiger partial charge in [0.15, 0.2) is 0 Å². The molecule has 0 unspecified atom stereocenters. The molecule has 0 aliphatic carbocycles. The van der Waals surface area contributed by atoms with E-state index in [1.54, 1.807) is 0 Å². The molecule has 1 saturated heterocycles. The van der Waals surface area contributed by atoms with Gasteiger partial charge >= 0.3 is 6.18 Å². The summed E-state index contributed by atoms with van der Waals surface area (Å²) >= 11 is 0. The highest BCUT2D eigenvalue weighted by molar-refractivity contribution is 5.94. The molecule has 116 valence electrons. The predicted octanol–water partition coefficient (Wildman–Crippen LogP) is 2.69. The van der Waals surface area contributed by atoms with Crippen molar-refractivity contribution >= 4 is 5.91 Å². The van der Waals surface area contributed by atoms with Gasteiger partial charge in [-0.3, -0.25) is 4.79 Å². The highest BCUT2D eigenvalue weighted by atomic mass is 19.4. The molecule has 7 heteroatoms. The molecular formula is C14H15F4NO2. The van der Waals surface area contributed by atoms with E-state index < -0.39 is 23.5 Å². The van der Waals surface area contributed by atoms with E-state index in [1.807, 2.05) is 0 Å². The normalized spacial score (nSPS) is 17.1. The van der Waals surface area contributed by atoms with Crippen LogP contribution in [-0.2, 0) is 6.18 Å². The van der Waals surface area contributed by atoms with Gasteiger partial charge in [-0.2, -0.15) is 13.2 Å². The number of likely N-dealkylation sites (tertiary alicyclic amines) is 1. The van der Waals surface area contributed by atoms with Gasteiger partial charge in [-0.25, -0.2) is 4.39 Å². The maximum absolute atomic E-state index is 13.2. The summed E-state index contributed by atoms with van der Waals surface area (Å²) in [6.07, 6.45) is -3.62. The van der Waals surface area contributed by atoms with Crippen molar-refractivity contribution in [3.8, 4) is 0 Å². The van der Waals surface area contributed by atoms with Gasteiger partial charge < -0.3 is 10.0 Å². The average Bonchev–Trinajstić information content (AvgIpc) is 2.46. The second-order valence-electron chi connectivity index (χ2n) is 5.11. The smallest absolute Gasteiger partial charge is 0.396 e. The summed E-state index contributed by atoms with van der Waals surface area (Å²) < 4.78 is 51.1. The molecule has 0 aromatic heterocycles. The number of piperidine rings is 1. The van der Waals surface area contributed by atoms with Crippen molar-refractivity contribution in [3.63, 3.8) is 0 Å². The number of hydrogen-bond donors (Lipinski definition) is 1. The molecule has 0 bridgehead atoms. The van der Waals surface area contributed by atoms with Crippen LogP contribution in [0.2, 0.25) is 0 Å². The van der Waals surface area contributed by atoms with Gasteiger partial charge in [0.1, 0.15) is 5.82 Å². The quantitative estimate of drug-likeness (QED) is 0.854. The highest BCUT2D eigenvalue weighted by Gasteiger charge is 2.35. The Kier molecular flexibility index (Phi) is 4.51. The molecule has 1 N–H and O–H groups in total. The maximum Gasteiger partial charge on any atom is 0.419 e. The first kappa shape index (κ1) is 15.8. The Morgan fingerprint density at radius 1 is 1.29 bits per heavy atom. The van der Waals surface area contributed by atoms with Crippen LogP contribution in [0.25, 0.3) is 0 Å². The molecular weight excluding hydrogens is 290 g/mol. The first-order chi connectivity index (χ1) is 9.82. The third kappa shape index (κ3) is 3.53. The van der Waals surface area contributed by atoms with Gasteiger partial charge in [-0.05, 0) is 37.0 Å². The molecule has 1 amide bonds. The number of aliphatic hydroxyl groups excluding tert-OH is 1. The van der Waals surface area contributed by atoms with E-state index in [4.69, 9.17) is 5.11 Å². The van der Waals surface area contributed by atoms with Crippen molar-refractivity contribution in [2.75, 3.05) is 19.7 Å². The van der Waals surface area contributed by atoms with Gasteiger partial charge in [-0.15, -0.1) is 0 Å². The van der Waals surface area contributed by atoms with Crippen molar-refractivity contribution in [1.82, 2.24) is 4.90 Å². The monoisotopic (exact) mass is 305 g/mol. The number of benzene rings is 1. The third-order valence-electron chi connectivity index (χ3n) is 3.68. The summed E-state index contributed by atoms with van der Waals surface area (Å²) in [5.41, 5.74) is -1.61. The predicted molar refractivity (Wildman–Crippen MR) is 67.1 cm³/mol. The molecule has 21 heavy (non-hydrogen) atoms. The van der Waals surface area contributed by atoms with E-state index in [9.17, 15) is 22.4 Å². The minimum atomic E-state index is -4.83. The fraction of sp³-hybridized carbons (Fsp3) is 0.500. The number of alkyl halides is 3. The second kappa shape index (κ2) is 6.01. The van der Waals surface area contributed by atoms with Crippen LogP contribution in [0, 0.1) is 11.7 Å². The molecule has 1 aliphatic heterocycles. The van der Waals surface area contributed by atoms with Crippen molar-refractivity contribution in [3.05, 3.63) is 35.1 Å². The SMILES string of the molecule is O=C(c1ccc(F)c(C(F)(F)F)c1)N1CCC(CO)CC1. The molecule has 2 rings (SSSR count). The van der Waals surface area contributed by atoms with Gasteiger partial charge in [0.2, 0.25) is 0 Å². The van der Waals surface area contributed by atoms with Gasteiger partial charge in [0.25, 0.3) is 5.91 Å². The van der Waals surface area contributed by atoms with E-state index in [1.165, 1.54) is 4.90 Å². The van der Waals surface area contributed by atoms with E-state index in [2.05, 4.69) is 0 Å². The summed E-state index contributed by atoms with van der Waals surface area (Å²) in [5.74, 6) is -1.82. The van der Waals surface area contributed by atoms with Crippen LogP contribution >= 0.6 is 0 Å². The Balaban J connectivity index is 2.17. The molecule has 1 heterocycles. The molecule has 0 saturated carbocycles. The molecule has 0 atom stereocenters. The number of halogens is 4. The van der Waals surface area contributed by atoms with Crippen LogP contribution in [0.4, 0.5) is 17.6 Å². The Morgan fingerprint density at radius 2 is 1.90 bits per heavy atom. The molecule has 1 aromatic rings. The fourth-order valence-corrected chi connectivity index (χ4v) is 2.38. The second-order valence-corrected chi connectivity index (χ2v) is 5.11. The lowest BCUT2D eigenvalue weighted by Crippen LogP contribution is -2.39. The largest absolute Gasteiger partial charge is 0.419 e. The zero-order valence-electron chi connectivity index (χ0n) is 11.2. The minimum absolute atomic E-state index is 0.0385. The first-order valence-electron chi connectivity index (χ1n) is 6.60. The lowest BCUT2D eigenvalue weighted by atomic mass is 9.97. The summed E-state index contributed by atoms with van der Waals surface area (Å²) in [6, 6.07) is 2.28. The van der Waals surface area contributed by atoms with Gasteiger partial charge in [-0.1, -0.05) is 0 Å². The lowest BCUT2D eigenvalue weighted by molar-refractivity contribution is -0.140. The van der Waals surface area contributed by atoms with E-state index >= 15 is 0 Å². The van der Waals surface area contributed by atoms with Gasteiger partial charge in [0.05, 0.1) is 5.56 Å². The van der Waals surface area contributed by atoms with Crippen molar-refractivity contribution in [2.24, 2.45) is 5.92 Å². The van der Waals surface area contributed by atoms with Crippen molar-refractivity contribution in [2.45, 2.75) is 19.0 Å². The number of amides is 1. The standard InChI is InChI=1S/C14H15F4NO2/c15-12-2-1-10(7-11(12)14(16,17)18)13(21)19-5-3-9(8-20)4-6-19/h1-2,7,9,20H,3-6,8H2. The number of carbonyl (C=O) groups excluding carboxylic acids is 1. The van der Waals surface area contributed by atoms with Crippen LogP contribution in [0.1, 0.15) is 28.8 Å². The number of rotatable bonds is 2. The van der Waals surface area contributed by atoms with Crippen LogP contribution in [-0.4, -0.2) is 35.6 Å². The Morgan fingerprint density at radius 3 is 2.43 bits per heavy atom. The van der Waals surface area contributed by atoms with E-state index in [0.717, 1.165) is 6.07 Å². The summed E-state index contributed by atoms with van der Waals surface area (Å²) in [7, 11) is 0. The third-order valence-corrected chi connectivity index (χ3v) is 3.68. The minimum Gasteiger partial charge on any atom is -0.396 e. The number of carbonyl (C=O) groups is 1. The van der Waals surface area contributed by atoms with E-state index in [0.29, 0.717) is 38.1 Å². The molecule has 3 nitrogen and oxygen atoms in total. The summed E-state index contributed by atoms with van der Waals surface area (Å²) in [6.45, 7) is 0.794. The Labute approximate surface area is 119 Å². The van der Waals surface area contributed by atoms with Crippen molar-refractivity contribution in [1.29, 1.82) is 0 Å². The topological polar surface area (TPSA) is 40.5 Å². The van der Waals surface area contributed by atoms with E-state index in [-0.39, 0.29) is 18.1 Å². The van der Waals surface area contributed by atoms with Crippen LogP contribution in [0.15, 0.2) is 18.2 Å². The fourth-order valence-electron chi connectivity index (χ4n) is 2.38. The summed E-state index contributed by atoms with van der Waals surface area (Å²) in [4.78, 5) is 13.6. The number of nitrogens with zero attached hydrogens (tertiary/aromatic N) is 1. The van der Waals surface area contributed by atoms with Crippen LogP contribution in [0.5, 0.6) is 0 Å².